The zero-order chi connectivity index (χ0) is 17.1. The lowest BCUT2D eigenvalue weighted by Crippen LogP contribution is -2.50. The molecule has 2 atom stereocenters. The molecule has 0 unspecified atom stereocenters. The molecule has 1 aliphatic rings. The number of phenolic OH excluding ortho intramolecular Hbond substituents is 1. The first kappa shape index (κ1) is 17.4. The summed E-state index contributed by atoms with van der Waals surface area (Å²) in [5.74, 6) is -1.09. The zero-order valence-corrected chi connectivity index (χ0v) is 14.3. The minimum absolute atomic E-state index is 0.117. The fraction of sp³-hybridized carbons (Fsp3) is 0.333. The average Bonchev–Trinajstić information content (AvgIpc) is 2.50. The molecule has 1 aliphatic heterocycles. The summed E-state index contributed by atoms with van der Waals surface area (Å²) in [4.78, 5) is 12.1. The van der Waals surface area contributed by atoms with Crippen LogP contribution in [-0.2, 0) is 9.53 Å². The van der Waals surface area contributed by atoms with Crippen LogP contribution in [0, 0.1) is 5.92 Å². The number of aromatic hydroxyl groups is 1. The highest BCUT2D eigenvalue weighted by Crippen LogP contribution is 2.40. The van der Waals surface area contributed by atoms with Crippen molar-refractivity contribution in [3.05, 3.63) is 35.0 Å². The summed E-state index contributed by atoms with van der Waals surface area (Å²) < 4.78 is 10.2. The number of hydrogen-bond donors (Lipinski definition) is 3. The van der Waals surface area contributed by atoms with Crippen molar-refractivity contribution in [1.82, 2.24) is 10.6 Å². The van der Waals surface area contributed by atoms with E-state index in [1.54, 1.807) is 19.1 Å². The number of halogens is 1. The molecule has 1 aromatic carbocycles. The molecule has 1 heterocycles. The molecule has 0 saturated carbocycles. The molecule has 0 bridgehead atoms. The monoisotopic (exact) mass is 356 g/mol. The Balaban J connectivity index is 2.49. The van der Waals surface area contributed by atoms with Crippen molar-refractivity contribution >= 4 is 34.9 Å². The van der Waals surface area contributed by atoms with Gasteiger partial charge in [-0.2, -0.15) is 0 Å². The van der Waals surface area contributed by atoms with E-state index in [4.69, 9.17) is 33.3 Å². The molecule has 1 fully saturated rings. The van der Waals surface area contributed by atoms with Crippen molar-refractivity contribution in [1.29, 1.82) is 0 Å². The van der Waals surface area contributed by atoms with E-state index in [1.165, 1.54) is 7.11 Å². The molecule has 1 saturated heterocycles. The highest BCUT2D eigenvalue weighted by Gasteiger charge is 2.38. The number of nitrogens with one attached hydrogen (secondary N) is 2. The fourth-order valence-electron chi connectivity index (χ4n) is 2.41. The van der Waals surface area contributed by atoms with Gasteiger partial charge in [0.2, 0.25) is 0 Å². The van der Waals surface area contributed by atoms with Gasteiger partial charge in [0.15, 0.2) is 16.6 Å². The van der Waals surface area contributed by atoms with E-state index >= 15 is 0 Å². The molecule has 0 spiro atoms. The van der Waals surface area contributed by atoms with Crippen LogP contribution in [0.15, 0.2) is 24.4 Å². The quantitative estimate of drug-likeness (QED) is 0.564. The third kappa shape index (κ3) is 3.51. The Morgan fingerprint density at radius 1 is 1.52 bits per heavy atom. The molecule has 0 radical (unpaired) electrons. The minimum Gasteiger partial charge on any atom is -0.503 e. The Morgan fingerprint density at radius 3 is 2.83 bits per heavy atom. The Hall–Kier alpha value is -1.99. The molecule has 0 aliphatic carbocycles. The number of ether oxygens (including phenoxy) is 2. The minimum atomic E-state index is -0.707. The summed E-state index contributed by atoms with van der Waals surface area (Å²) >= 11 is 11.2. The van der Waals surface area contributed by atoms with Gasteiger partial charge in [0.1, 0.15) is 5.92 Å². The Kier molecular flexibility index (Phi) is 5.33. The van der Waals surface area contributed by atoms with Gasteiger partial charge >= 0.3 is 5.97 Å². The number of phenols is 1. The van der Waals surface area contributed by atoms with Gasteiger partial charge in [0.25, 0.3) is 0 Å². The molecule has 1 aromatic rings. The molecular weight excluding hydrogens is 340 g/mol. The summed E-state index contributed by atoms with van der Waals surface area (Å²) in [6, 6.07) is 2.62. The third-order valence-corrected chi connectivity index (χ3v) is 3.94. The maximum absolute atomic E-state index is 12.1. The third-order valence-electron chi connectivity index (χ3n) is 3.43. The van der Waals surface area contributed by atoms with Crippen molar-refractivity contribution in [3.8, 4) is 11.5 Å². The molecule has 124 valence electrons. The second kappa shape index (κ2) is 7.06. The molecule has 2 rings (SSSR count). The number of thiocarbonyl (C=S) groups is 1. The van der Waals surface area contributed by atoms with Gasteiger partial charge in [-0.15, -0.1) is 0 Å². The van der Waals surface area contributed by atoms with Gasteiger partial charge in [-0.25, -0.2) is 0 Å². The van der Waals surface area contributed by atoms with E-state index in [2.05, 4.69) is 17.2 Å². The SMILES string of the molecule is C=C1NC(=S)N[C@H](c2cc(Cl)c(O)c(OCC)c2)[C@@H]1C(=O)OC. The van der Waals surface area contributed by atoms with Crippen LogP contribution in [0.3, 0.4) is 0 Å². The van der Waals surface area contributed by atoms with Gasteiger partial charge in [-0.3, -0.25) is 4.79 Å². The first-order chi connectivity index (χ1) is 10.9. The Morgan fingerprint density at radius 2 is 2.22 bits per heavy atom. The Bertz CT molecular complexity index is 665. The van der Waals surface area contributed by atoms with Crippen LogP contribution in [0.25, 0.3) is 0 Å². The average molecular weight is 357 g/mol. The van der Waals surface area contributed by atoms with Crippen LogP contribution < -0.4 is 15.4 Å². The zero-order valence-electron chi connectivity index (χ0n) is 12.7. The van der Waals surface area contributed by atoms with Crippen molar-refractivity contribution < 1.29 is 19.4 Å². The number of esters is 1. The van der Waals surface area contributed by atoms with Gasteiger partial charge in [-0.1, -0.05) is 18.2 Å². The predicted octanol–water partition coefficient (Wildman–Crippen LogP) is 2.27. The molecular formula is C15H17ClN2O4S. The molecule has 8 heteroatoms. The summed E-state index contributed by atoms with van der Waals surface area (Å²) in [7, 11) is 1.30. The number of rotatable bonds is 4. The second-order valence-electron chi connectivity index (χ2n) is 4.88. The van der Waals surface area contributed by atoms with Gasteiger partial charge in [-0.05, 0) is 36.8 Å². The van der Waals surface area contributed by atoms with Crippen molar-refractivity contribution in [2.75, 3.05) is 13.7 Å². The number of methoxy groups -OCH3 is 1. The maximum atomic E-state index is 12.1. The lowest BCUT2D eigenvalue weighted by molar-refractivity contribution is -0.145. The standard InChI is InChI=1S/C15H17ClN2O4S/c1-4-22-10-6-8(5-9(16)13(10)19)12-11(14(20)21-3)7(2)17-15(23)18-12/h5-6,11-12,19H,2,4H2,1,3H3,(H2,17,18,23)/t11-,12-/m1/s1. The summed E-state index contributed by atoms with van der Waals surface area (Å²) in [6.07, 6.45) is 0. The van der Waals surface area contributed by atoms with Crippen LogP contribution in [0.2, 0.25) is 5.02 Å². The van der Waals surface area contributed by atoms with Crippen molar-refractivity contribution in [2.45, 2.75) is 13.0 Å². The molecule has 23 heavy (non-hydrogen) atoms. The van der Waals surface area contributed by atoms with E-state index in [0.717, 1.165) is 0 Å². The first-order valence-corrected chi connectivity index (χ1v) is 7.67. The fourth-order valence-corrected chi connectivity index (χ4v) is 2.88. The van der Waals surface area contributed by atoms with Crippen molar-refractivity contribution in [3.63, 3.8) is 0 Å². The topological polar surface area (TPSA) is 79.8 Å². The number of carbonyl (C=O) groups excluding carboxylic acids is 1. The number of benzene rings is 1. The first-order valence-electron chi connectivity index (χ1n) is 6.88. The molecule has 0 amide bonds. The second-order valence-corrected chi connectivity index (χ2v) is 5.70. The molecule has 3 N–H and O–H groups in total. The molecule has 6 nitrogen and oxygen atoms in total. The van der Waals surface area contributed by atoms with Gasteiger partial charge in [0, 0.05) is 5.70 Å². The summed E-state index contributed by atoms with van der Waals surface area (Å²) in [5, 5.41) is 16.2. The smallest absolute Gasteiger partial charge is 0.317 e. The summed E-state index contributed by atoms with van der Waals surface area (Å²) in [6.45, 7) is 5.98. The maximum Gasteiger partial charge on any atom is 0.317 e. The predicted molar refractivity (Wildman–Crippen MR) is 90.5 cm³/mol. The van der Waals surface area contributed by atoms with E-state index < -0.39 is 17.9 Å². The van der Waals surface area contributed by atoms with Crippen LogP contribution in [-0.4, -0.2) is 29.9 Å². The van der Waals surface area contributed by atoms with E-state index in [-0.39, 0.29) is 16.5 Å². The largest absolute Gasteiger partial charge is 0.503 e. The summed E-state index contributed by atoms with van der Waals surface area (Å²) in [5.41, 5.74) is 1.05. The lowest BCUT2D eigenvalue weighted by atomic mass is 9.89. The van der Waals surface area contributed by atoms with E-state index in [1.807, 2.05) is 0 Å². The number of hydrogen-bond acceptors (Lipinski definition) is 5. The number of carbonyl (C=O) groups is 1. The highest BCUT2D eigenvalue weighted by atomic mass is 35.5. The normalized spacial score (nSPS) is 20.5. The Labute approximate surface area is 144 Å². The lowest BCUT2D eigenvalue weighted by Gasteiger charge is -2.34. The van der Waals surface area contributed by atoms with Gasteiger partial charge in [0.05, 0.1) is 24.8 Å². The van der Waals surface area contributed by atoms with Crippen LogP contribution in [0.4, 0.5) is 0 Å². The highest BCUT2D eigenvalue weighted by molar-refractivity contribution is 7.80. The van der Waals surface area contributed by atoms with Crippen LogP contribution in [0.1, 0.15) is 18.5 Å². The van der Waals surface area contributed by atoms with Crippen molar-refractivity contribution in [2.24, 2.45) is 5.92 Å². The molecule has 0 aromatic heterocycles. The van der Waals surface area contributed by atoms with E-state index in [9.17, 15) is 9.90 Å². The van der Waals surface area contributed by atoms with Crippen LogP contribution >= 0.6 is 23.8 Å². The van der Waals surface area contributed by atoms with Gasteiger partial charge < -0.3 is 25.2 Å². The van der Waals surface area contributed by atoms with E-state index in [0.29, 0.717) is 23.0 Å². The van der Waals surface area contributed by atoms with Crippen LogP contribution in [0.5, 0.6) is 11.5 Å².